The van der Waals surface area contributed by atoms with Crippen molar-refractivity contribution in [3.8, 4) is 11.5 Å². The number of hydrogen-bond acceptors (Lipinski definition) is 5. The van der Waals surface area contributed by atoms with Crippen molar-refractivity contribution in [3.63, 3.8) is 0 Å². The minimum absolute atomic E-state index is 0.0608. The van der Waals surface area contributed by atoms with Crippen LogP contribution in [0.25, 0.3) is 0 Å². The number of ether oxygens (including phenoxy) is 3. The van der Waals surface area contributed by atoms with Gasteiger partial charge in [0.25, 0.3) is 11.8 Å². The summed E-state index contributed by atoms with van der Waals surface area (Å²) >= 11 is 0. The Kier molecular flexibility index (Phi) is 6.74. The molecular formula is C27H38N2O5. The summed E-state index contributed by atoms with van der Waals surface area (Å²) < 4.78 is 16.9. The molecule has 0 aromatic heterocycles. The Labute approximate surface area is 202 Å². The lowest BCUT2D eigenvalue weighted by Gasteiger charge is -2.59. The van der Waals surface area contributed by atoms with E-state index in [1.807, 2.05) is 6.92 Å². The number of hydrogen-bond donors (Lipinski definition) is 1. The van der Waals surface area contributed by atoms with Crippen LogP contribution in [0.2, 0.25) is 0 Å². The number of nitrogens with zero attached hydrogens (tertiary/aromatic N) is 1. The highest BCUT2D eigenvalue weighted by atomic mass is 16.5. The Morgan fingerprint density at radius 1 is 1.06 bits per heavy atom. The van der Waals surface area contributed by atoms with Crippen LogP contribution in [0.5, 0.6) is 11.5 Å². The summed E-state index contributed by atoms with van der Waals surface area (Å²) in [5, 5.41) is 3.33. The lowest BCUT2D eigenvalue weighted by molar-refractivity contribution is -0.137. The molecule has 186 valence electrons. The minimum atomic E-state index is -0.0723. The predicted octanol–water partition coefficient (Wildman–Crippen LogP) is 3.66. The van der Waals surface area contributed by atoms with Gasteiger partial charge in [-0.1, -0.05) is 0 Å². The van der Waals surface area contributed by atoms with E-state index in [0.717, 1.165) is 17.8 Å². The van der Waals surface area contributed by atoms with Crippen LogP contribution in [0.4, 0.5) is 0 Å². The maximum atomic E-state index is 13.2. The van der Waals surface area contributed by atoms with E-state index in [-0.39, 0.29) is 29.9 Å². The minimum Gasteiger partial charge on any atom is -0.490 e. The molecule has 5 aliphatic rings. The highest BCUT2D eigenvalue weighted by Gasteiger charge is 2.53. The topological polar surface area (TPSA) is 77.1 Å². The molecule has 0 radical (unpaired) electrons. The molecule has 34 heavy (non-hydrogen) atoms. The van der Waals surface area contributed by atoms with E-state index in [4.69, 9.17) is 14.2 Å². The summed E-state index contributed by atoms with van der Waals surface area (Å²) in [7, 11) is 0. The fraction of sp³-hybridized carbons (Fsp3) is 0.704. The van der Waals surface area contributed by atoms with Crippen molar-refractivity contribution < 1.29 is 23.8 Å². The lowest BCUT2D eigenvalue weighted by atomic mass is 9.48. The Morgan fingerprint density at radius 3 is 2.32 bits per heavy atom. The second-order valence-corrected chi connectivity index (χ2v) is 10.9. The fourth-order valence-corrected chi connectivity index (χ4v) is 7.22. The molecule has 1 N–H and O–H groups in total. The van der Waals surface area contributed by atoms with E-state index in [2.05, 4.69) is 12.2 Å². The molecule has 7 heteroatoms. The Morgan fingerprint density at radius 2 is 1.71 bits per heavy atom. The lowest BCUT2D eigenvalue weighted by Crippen LogP contribution is -2.55. The van der Waals surface area contributed by atoms with Gasteiger partial charge in [0, 0.05) is 24.7 Å². The van der Waals surface area contributed by atoms with Gasteiger partial charge in [-0.15, -0.1) is 0 Å². The largest absolute Gasteiger partial charge is 0.490 e. The van der Waals surface area contributed by atoms with Gasteiger partial charge in [0.1, 0.15) is 0 Å². The van der Waals surface area contributed by atoms with Crippen molar-refractivity contribution >= 4 is 11.8 Å². The van der Waals surface area contributed by atoms with Gasteiger partial charge >= 0.3 is 0 Å². The highest BCUT2D eigenvalue weighted by molar-refractivity contribution is 5.95. The van der Waals surface area contributed by atoms with Crippen LogP contribution in [-0.2, 0) is 9.53 Å². The molecule has 1 atom stereocenters. The molecule has 5 fully saturated rings. The van der Waals surface area contributed by atoms with Crippen LogP contribution in [0.15, 0.2) is 18.2 Å². The highest BCUT2D eigenvalue weighted by Crippen LogP contribution is 2.61. The van der Waals surface area contributed by atoms with Gasteiger partial charge in [-0.05, 0) is 93.7 Å². The first-order valence-electron chi connectivity index (χ1n) is 13.0. The monoisotopic (exact) mass is 470 g/mol. The third kappa shape index (κ3) is 4.77. The number of carbonyl (C=O) groups excluding carboxylic acids is 2. The third-order valence-electron chi connectivity index (χ3n) is 8.57. The molecule has 6 rings (SSSR count). The molecule has 4 bridgehead atoms. The van der Waals surface area contributed by atoms with Gasteiger partial charge in [0.15, 0.2) is 18.1 Å². The van der Waals surface area contributed by atoms with Gasteiger partial charge in [0.05, 0.1) is 19.8 Å². The quantitative estimate of drug-likeness (QED) is 0.628. The predicted molar refractivity (Wildman–Crippen MR) is 128 cm³/mol. The zero-order valence-corrected chi connectivity index (χ0v) is 20.5. The average Bonchev–Trinajstić information content (AvgIpc) is 2.83. The second-order valence-electron chi connectivity index (χ2n) is 10.9. The van der Waals surface area contributed by atoms with Crippen LogP contribution in [0.1, 0.15) is 62.7 Å². The van der Waals surface area contributed by atoms with E-state index >= 15 is 0 Å². The second kappa shape index (κ2) is 9.76. The van der Waals surface area contributed by atoms with Gasteiger partial charge in [0.2, 0.25) is 0 Å². The van der Waals surface area contributed by atoms with Crippen molar-refractivity contribution in [3.05, 3.63) is 23.8 Å². The van der Waals surface area contributed by atoms with Crippen LogP contribution < -0.4 is 14.8 Å². The van der Waals surface area contributed by atoms with Crippen molar-refractivity contribution in [1.29, 1.82) is 0 Å². The third-order valence-corrected chi connectivity index (χ3v) is 8.57. The number of morpholine rings is 1. The van der Waals surface area contributed by atoms with Crippen molar-refractivity contribution in [1.82, 2.24) is 10.2 Å². The Balaban J connectivity index is 1.23. The van der Waals surface area contributed by atoms with Gasteiger partial charge in [-0.3, -0.25) is 9.59 Å². The number of benzene rings is 1. The average molecular weight is 471 g/mol. The molecule has 1 aromatic carbocycles. The number of carbonyl (C=O) groups is 2. The molecule has 0 spiro atoms. The van der Waals surface area contributed by atoms with Crippen LogP contribution in [-0.4, -0.2) is 62.3 Å². The molecule has 1 heterocycles. The molecule has 4 aliphatic carbocycles. The Hall–Kier alpha value is -2.28. The first-order chi connectivity index (χ1) is 16.5. The van der Waals surface area contributed by atoms with Gasteiger partial charge < -0.3 is 24.4 Å². The van der Waals surface area contributed by atoms with Crippen molar-refractivity contribution in [2.45, 2.75) is 58.4 Å². The van der Waals surface area contributed by atoms with Crippen molar-refractivity contribution in [2.75, 3.05) is 39.5 Å². The maximum Gasteiger partial charge on any atom is 0.260 e. The normalized spacial score (nSPS) is 30.6. The smallest absolute Gasteiger partial charge is 0.260 e. The molecule has 7 nitrogen and oxygen atoms in total. The first-order valence-corrected chi connectivity index (χ1v) is 13.0. The van der Waals surface area contributed by atoms with Gasteiger partial charge in [-0.25, -0.2) is 0 Å². The van der Waals surface area contributed by atoms with E-state index in [1.54, 1.807) is 23.1 Å². The van der Waals surface area contributed by atoms with E-state index in [1.165, 1.54) is 38.5 Å². The zero-order valence-electron chi connectivity index (χ0n) is 20.5. The van der Waals surface area contributed by atoms with E-state index in [9.17, 15) is 9.59 Å². The molecule has 4 saturated carbocycles. The molecule has 1 saturated heterocycles. The summed E-state index contributed by atoms with van der Waals surface area (Å²) in [4.78, 5) is 27.4. The summed E-state index contributed by atoms with van der Waals surface area (Å²) in [6.45, 7) is 6.76. The number of rotatable bonds is 8. The van der Waals surface area contributed by atoms with Crippen molar-refractivity contribution in [2.24, 2.45) is 23.2 Å². The van der Waals surface area contributed by atoms with E-state index in [0.29, 0.717) is 50.0 Å². The van der Waals surface area contributed by atoms with Crippen LogP contribution in [0, 0.1) is 23.2 Å². The first kappa shape index (κ1) is 23.5. The molecular weight excluding hydrogens is 432 g/mol. The standard InChI is InChI=1S/C27H38N2O5/c1-3-33-24-13-22(4-5-23(24)34-17-25(30)29-6-8-32-9-7-29)26(31)28-18(2)27-14-19-10-20(15-27)12-21(11-19)16-27/h4-5,13,18-21H,3,6-12,14-17H2,1-2H3,(H,28,31)/t18-,19?,20?,21?,27?/m0/s1. The zero-order chi connectivity index (χ0) is 23.7. The molecule has 1 aliphatic heterocycles. The summed E-state index contributed by atoms with van der Waals surface area (Å²) in [6, 6.07) is 5.39. The van der Waals surface area contributed by atoms with E-state index < -0.39 is 0 Å². The number of nitrogens with one attached hydrogen (secondary N) is 1. The van der Waals surface area contributed by atoms with Gasteiger partial charge in [-0.2, -0.15) is 0 Å². The maximum absolute atomic E-state index is 13.2. The summed E-state index contributed by atoms with van der Waals surface area (Å²) in [6.07, 6.45) is 7.96. The molecule has 0 unspecified atom stereocenters. The summed E-state index contributed by atoms with van der Waals surface area (Å²) in [5.74, 6) is 3.39. The van der Waals surface area contributed by atoms with Crippen LogP contribution >= 0.6 is 0 Å². The summed E-state index contributed by atoms with van der Waals surface area (Å²) in [5.41, 5.74) is 0.822. The molecule has 2 amide bonds. The number of amides is 2. The Bertz CT molecular complexity index is 875. The van der Waals surface area contributed by atoms with Crippen LogP contribution in [0.3, 0.4) is 0 Å². The SMILES string of the molecule is CCOc1cc(C(=O)N[C@@H](C)C23CC4CC(CC(C4)C2)C3)ccc1OCC(=O)N1CCOCC1. The fourth-order valence-electron chi connectivity index (χ4n) is 7.22. The molecule has 1 aromatic rings.